The first-order valence-corrected chi connectivity index (χ1v) is 7.33. The third kappa shape index (κ3) is 2.78. The molecular weight excluding hydrogens is 251 g/mol. The number of rotatable bonds is 3. The van der Waals surface area contributed by atoms with Gasteiger partial charge in [-0.1, -0.05) is 90.7 Å². The van der Waals surface area contributed by atoms with Crippen molar-refractivity contribution in [3.05, 3.63) is 78.4 Å². The van der Waals surface area contributed by atoms with Gasteiger partial charge in [-0.05, 0) is 28.7 Å². The predicted molar refractivity (Wildman–Crippen MR) is 92.1 cm³/mol. The Hall–Kier alpha value is -2.28. The zero-order valence-corrected chi connectivity index (χ0v) is 12.2. The zero-order chi connectivity index (χ0) is 14.7. The van der Waals surface area contributed by atoms with E-state index in [1.165, 1.54) is 27.8 Å². The quantitative estimate of drug-likeness (QED) is 0.618. The van der Waals surface area contributed by atoms with Crippen LogP contribution in [0.15, 0.2) is 72.8 Å². The van der Waals surface area contributed by atoms with Crippen LogP contribution in [0.5, 0.6) is 0 Å². The Kier molecular flexibility index (Phi) is 3.92. The van der Waals surface area contributed by atoms with Crippen molar-refractivity contribution in [2.24, 2.45) is 0 Å². The van der Waals surface area contributed by atoms with Gasteiger partial charge in [0.2, 0.25) is 0 Å². The zero-order valence-electron chi connectivity index (χ0n) is 12.2. The topological polar surface area (TPSA) is 0 Å². The van der Waals surface area contributed by atoms with Crippen LogP contribution in [0, 0.1) is 0 Å². The Labute approximate surface area is 127 Å². The molecule has 0 aromatic heterocycles. The summed E-state index contributed by atoms with van der Waals surface area (Å²) in [5, 5.41) is 0. The molecule has 100 valence electrons. The van der Waals surface area contributed by atoms with Crippen molar-refractivity contribution in [1.29, 1.82) is 0 Å². The van der Waals surface area contributed by atoms with Gasteiger partial charge in [-0.2, -0.15) is 0 Å². The second-order valence-corrected chi connectivity index (χ2v) is 5.18. The molecular formula is C20H17B. The van der Waals surface area contributed by atoms with Crippen molar-refractivity contribution in [2.45, 2.75) is 13.3 Å². The molecule has 3 aromatic carbocycles. The van der Waals surface area contributed by atoms with Gasteiger partial charge in [0.1, 0.15) is 7.85 Å². The van der Waals surface area contributed by atoms with E-state index in [0.717, 1.165) is 11.9 Å². The van der Waals surface area contributed by atoms with Crippen molar-refractivity contribution in [2.75, 3.05) is 0 Å². The van der Waals surface area contributed by atoms with E-state index in [1.807, 2.05) is 12.1 Å². The second kappa shape index (κ2) is 6.01. The first-order valence-electron chi connectivity index (χ1n) is 7.33. The third-order valence-corrected chi connectivity index (χ3v) is 3.83. The van der Waals surface area contributed by atoms with Gasteiger partial charge >= 0.3 is 0 Å². The highest BCUT2D eigenvalue weighted by molar-refractivity contribution is 6.34. The lowest BCUT2D eigenvalue weighted by molar-refractivity contribution is 1.15. The van der Waals surface area contributed by atoms with Gasteiger partial charge in [0.25, 0.3) is 0 Å². The van der Waals surface area contributed by atoms with Crippen molar-refractivity contribution < 1.29 is 0 Å². The average molecular weight is 268 g/mol. The Bertz CT molecular complexity index is 731. The summed E-state index contributed by atoms with van der Waals surface area (Å²) >= 11 is 0. The molecule has 0 saturated heterocycles. The van der Waals surface area contributed by atoms with E-state index in [-0.39, 0.29) is 0 Å². The summed E-state index contributed by atoms with van der Waals surface area (Å²) in [5.41, 5.74) is 6.94. The fourth-order valence-electron chi connectivity index (χ4n) is 2.68. The van der Waals surface area contributed by atoms with Gasteiger partial charge in [0.15, 0.2) is 0 Å². The Balaban J connectivity index is 2.26. The number of hydrogen-bond donors (Lipinski definition) is 0. The minimum absolute atomic E-state index is 0.871. The van der Waals surface area contributed by atoms with Crippen LogP contribution in [0.2, 0.25) is 0 Å². The molecule has 0 spiro atoms. The van der Waals surface area contributed by atoms with Gasteiger partial charge in [0, 0.05) is 0 Å². The molecule has 0 unspecified atom stereocenters. The fraction of sp³-hybridized carbons (Fsp3) is 0.100. The molecule has 0 fully saturated rings. The van der Waals surface area contributed by atoms with Gasteiger partial charge < -0.3 is 0 Å². The van der Waals surface area contributed by atoms with Gasteiger partial charge in [-0.15, -0.1) is 0 Å². The highest BCUT2D eigenvalue weighted by atomic mass is 14.1. The lowest BCUT2D eigenvalue weighted by atomic mass is 9.82. The first-order chi connectivity index (χ1) is 10.3. The molecule has 0 nitrogen and oxygen atoms in total. The molecule has 3 aromatic rings. The van der Waals surface area contributed by atoms with E-state index < -0.39 is 0 Å². The Morgan fingerprint density at radius 3 is 1.67 bits per heavy atom. The van der Waals surface area contributed by atoms with Crippen LogP contribution in [0.3, 0.4) is 0 Å². The van der Waals surface area contributed by atoms with Crippen molar-refractivity contribution in [3.8, 4) is 22.3 Å². The van der Waals surface area contributed by atoms with E-state index in [1.54, 1.807) is 0 Å². The highest BCUT2D eigenvalue weighted by Gasteiger charge is 2.10. The SMILES string of the molecule is [B]c1cc(-c2ccccc2)c(-c2ccccc2)cc1CC. The van der Waals surface area contributed by atoms with E-state index >= 15 is 0 Å². The molecule has 0 bridgehead atoms. The standard InChI is InChI=1S/C20H17B/c1-2-15-13-18(16-9-5-3-6-10-16)19(14-20(15)21)17-11-7-4-8-12-17/h3-14H,2H2,1H3. The molecule has 0 aliphatic rings. The van der Waals surface area contributed by atoms with Crippen LogP contribution in [-0.2, 0) is 6.42 Å². The highest BCUT2D eigenvalue weighted by Crippen LogP contribution is 2.32. The summed E-state index contributed by atoms with van der Waals surface area (Å²) in [6.45, 7) is 2.14. The summed E-state index contributed by atoms with van der Waals surface area (Å²) in [5.74, 6) is 0. The smallest absolute Gasteiger partial charge is 0.0929 e. The van der Waals surface area contributed by atoms with Gasteiger partial charge in [-0.3, -0.25) is 0 Å². The maximum absolute atomic E-state index is 6.22. The number of aryl methyl sites for hydroxylation is 1. The number of benzene rings is 3. The monoisotopic (exact) mass is 268 g/mol. The minimum Gasteiger partial charge on any atom is -0.0929 e. The summed E-state index contributed by atoms with van der Waals surface area (Å²) in [6.07, 6.45) is 0.945. The van der Waals surface area contributed by atoms with Gasteiger partial charge in [-0.25, -0.2) is 0 Å². The van der Waals surface area contributed by atoms with Crippen molar-refractivity contribution in [1.82, 2.24) is 0 Å². The number of hydrogen-bond acceptors (Lipinski definition) is 0. The molecule has 0 amide bonds. The molecule has 21 heavy (non-hydrogen) atoms. The van der Waals surface area contributed by atoms with Crippen LogP contribution in [-0.4, -0.2) is 7.85 Å². The van der Waals surface area contributed by atoms with E-state index in [2.05, 4.69) is 67.6 Å². The van der Waals surface area contributed by atoms with Crippen molar-refractivity contribution >= 4 is 13.3 Å². The summed E-state index contributed by atoms with van der Waals surface area (Å²) in [4.78, 5) is 0. The molecule has 0 aliphatic carbocycles. The van der Waals surface area contributed by atoms with Crippen LogP contribution < -0.4 is 5.46 Å². The Morgan fingerprint density at radius 2 is 1.19 bits per heavy atom. The molecule has 3 rings (SSSR count). The molecule has 0 atom stereocenters. The summed E-state index contributed by atoms with van der Waals surface area (Å²) in [6, 6.07) is 25.3. The van der Waals surface area contributed by atoms with Crippen molar-refractivity contribution in [3.63, 3.8) is 0 Å². The summed E-state index contributed by atoms with van der Waals surface area (Å²) in [7, 11) is 6.22. The maximum atomic E-state index is 6.22. The van der Waals surface area contributed by atoms with Crippen LogP contribution >= 0.6 is 0 Å². The summed E-state index contributed by atoms with van der Waals surface area (Å²) < 4.78 is 0. The lowest BCUT2D eigenvalue weighted by Crippen LogP contribution is -2.10. The molecule has 0 heterocycles. The van der Waals surface area contributed by atoms with Crippen LogP contribution in [0.1, 0.15) is 12.5 Å². The first kappa shape index (κ1) is 13.7. The van der Waals surface area contributed by atoms with E-state index in [9.17, 15) is 0 Å². The molecule has 0 saturated carbocycles. The lowest BCUT2D eigenvalue weighted by Gasteiger charge is -2.15. The largest absolute Gasteiger partial charge is 0.114 e. The normalized spacial score (nSPS) is 10.5. The molecule has 1 heteroatoms. The van der Waals surface area contributed by atoms with E-state index in [4.69, 9.17) is 7.85 Å². The molecule has 2 radical (unpaired) electrons. The second-order valence-electron chi connectivity index (χ2n) is 5.18. The molecule has 0 N–H and O–H groups in total. The van der Waals surface area contributed by atoms with Crippen LogP contribution in [0.4, 0.5) is 0 Å². The minimum atomic E-state index is 0.871. The predicted octanol–water partition coefficient (Wildman–Crippen LogP) is 4.38. The third-order valence-electron chi connectivity index (χ3n) is 3.83. The molecule has 0 aliphatic heterocycles. The maximum Gasteiger partial charge on any atom is 0.114 e. The van der Waals surface area contributed by atoms with E-state index in [0.29, 0.717) is 0 Å². The van der Waals surface area contributed by atoms with Gasteiger partial charge in [0.05, 0.1) is 0 Å². The Morgan fingerprint density at radius 1 is 0.714 bits per heavy atom. The fourth-order valence-corrected chi connectivity index (χ4v) is 2.68. The average Bonchev–Trinajstić information content (AvgIpc) is 2.56. The van der Waals surface area contributed by atoms with Crippen LogP contribution in [0.25, 0.3) is 22.3 Å².